The molecule has 1 fully saturated rings. The van der Waals surface area contributed by atoms with E-state index in [-0.39, 0.29) is 0 Å². The number of nitrogens with one attached hydrogen (secondary N) is 1. The molecule has 2 rings (SSSR count). The second-order valence-corrected chi connectivity index (χ2v) is 7.52. The van der Waals surface area contributed by atoms with Gasteiger partial charge in [-0.05, 0) is 55.7 Å². The highest BCUT2D eigenvalue weighted by molar-refractivity contribution is 9.10. The number of halogens is 1. The first-order valence-electron chi connectivity index (χ1n) is 8.12. The molecule has 1 nitrogen and oxygen atoms in total. The average Bonchev–Trinajstić information content (AvgIpc) is 3.22. The summed E-state index contributed by atoms with van der Waals surface area (Å²) >= 11 is 3.69. The SMILES string of the molecule is CC(C)CCCC(CNC1CC1)Cc1ccccc1Br. The summed E-state index contributed by atoms with van der Waals surface area (Å²) in [5.41, 5.74) is 1.46. The lowest BCUT2D eigenvalue weighted by molar-refractivity contribution is 0.405. The molecule has 0 heterocycles. The van der Waals surface area contributed by atoms with Crippen LogP contribution in [0.5, 0.6) is 0 Å². The van der Waals surface area contributed by atoms with Gasteiger partial charge in [-0.2, -0.15) is 0 Å². The predicted octanol–water partition coefficient (Wildman–Crippen LogP) is 5.19. The predicted molar refractivity (Wildman–Crippen MR) is 91.0 cm³/mol. The third-order valence-electron chi connectivity index (χ3n) is 4.13. The first kappa shape index (κ1) is 16.0. The summed E-state index contributed by atoms with van der Waals surface area (Å²) < 4.78 is 1.26. The van der Waals surface area contributed by atoms with E-state index in [0.717, 1.165) is 17.9 Å². The van der Waals surface area contributed by atoms with Crippen LogP contribution in [0, 0.1) is 11.8 Å². The van der Waals surface area contributed by atoms with Gasteiger partial charge in [0.1, 0.15) is 0 Å². The Bertz CT molecular complexity index is 398. The summed E-state index contributed by atoms with van der Waals surface area (Å²) in [6, 6.07) is 9.50. The van der Waals surface area contributed by atoms with Crippen LogP contribution in [0.1, 0.15) is 51.5 Å². The van der Waals surface area contributed by atoms with E-state index in [2.05, 4.69) is 59.4 Å². The average molecular weight is 338 g/mol. The second kappa shape index (κ2) is 8.19. The first-order valence-corrected chi connectivity index (χ1v) is 8.91. The van der Waals surface area contributed by atoms with E-state index in [0.29, 0.717) is 0 Å². The summed E-state index contributed by atoms with van der Waals surface area (Å²) in [4.78, 5) is 0. The Labute approximate surface area is 132 Å². The smallest absolute Gasteiger partial charge is 0.0207 e. The molecule has 1 N–H and O–H groups in total. The molecule has 1 aromatic rings. The fraction of sp³-hybridized carbons (Fsp3) is 0.667. The van der Waals surface area contributed by atoms with Crippen molar-refractivity contribution < 1.29 is 0 Å². The molecule has 0 amide bonds. The summed E-state index contributed by atoms with van der Waals surface area (Å²) in [5.74, 6) is 1.60. The molecule has 1 aliphatic rings. The van der Waals surface area contributed by atoms with E-state index in [9.17, 15) is 0 Å². The Morgan fingerprint density at radius 2 is 1.95 bits per heavy atom. The zero-order valence-electron chi connectivity index (χ0n) is 12.9. The topological polar surface area (TPSA) is 12.0 Å². The van der Waals surface area contributed by atoms with Crippen LogP contribution in [0.2, 0.25) is 0 Å². The van der Waals surface area contributed by atoms with Crippen molar-refractivity contribution in [3.63, 3.8) is 0 Å². The van der Waals surface area contributed by atoms with Crippen molar-refractivity contribution in [1.82, 2.24) is 5.32 Å². The van der Waals surface area contributed by atoms with Crippen molar-refractivity contribution in [3.05, 3.63) is 34.3 Å². The molecule has 0 spiro atoms. The Kier molecular flexibility index (Phi) is 6.57. The zero-order valence-corrected chi connectivity index (χ0v) is 14.5. The van der Waals surface area contributed by atoms with Crippen molar-refractivity contribution in [2.24, 2.45) is 11.8 Å². The van der Waals surface area contributed by atoms with E-state index < -0.39 is 0 Å². The van der Waals surface area contributed by atoms with E-state index in [1.807, 2.05) is 0 Å². The van der Waals surface area contributed by atoms with Crippen molar-refractivity contribution >= 4 is 15.9 Å². The second-order valence-electron chi connectivity index (χ2n) is 6.67. The molecule has 0 saturated heterocycles. The lowest BCUT2D eigenvalue weighted by Gasteiger charge is -2.19. The van der Waals surface area contributed by atoms with Gasteiger partial charge in [0.05, 0.1) is 0 Å². The van der Waals surface area contributed by atoms with E-state index in [1.54, 1.807) is 0 Å². The van der Waals surface area contributed by atoms with Gasteiger partial charge in [-0.15, -0.1) is 0 Å². The van der Waals surface area contributed by atoms with E-state index >= 15 is 0 Å². The lowest BCUT2D eigenvalue weighted by atomic mass is 9.92. The van der Waals surface area contributed by atoms with E-state index in [4.69, 9.17) is 0 Å². The van der Waals surface area contributed by atoms with Crippen LogP contribution in [-0.2, 0) is 6.42 Å². The van der Waals surface area contributed by atoms with Crippen LogP contribution in [0.4, 0.5) is 0 Å². The third-order valence-corrected chi connectivity index (χ3v) is 4.91. The maximum atomic E-state index is 3.72. The largest absolute Gasteiger partial charge is 0.314 e. The lowest BCUT2D eigenvalue weighted by Crippen LogP contribution is -2.26. The highest BCUT2D eigenvalue weighted by atomic mass is 79.9. The van der Waals surface area contributed by atoms with Gasteiger partial charge in [0.2, 0.25) is 0 Å². The number of hydrogen-bond acceptors (Lipinski definition) is 1. The van der Waals surface area contributed by atoms with Gasteiger partial charge >= 0.3 is 0 Å². The quantitative estimate of drug-likeness (QED) is 0.654. The van der Waals surface area contributed by atoms with Crippen molar-refractivity contribution in [2.75, 3.05) is 6.54 Å². The van der Waals surface area contributed by atoms with Crippen LogP contribution >= 0.6 is 15.9 Å². The number of rotatable bonds is 9. The molecule has 1 atom stereocenters. The monoisotopic (exact) mass is 337 g/mol. The van der Waals surface area contributed by atoms with Gasteiger partial charge in [-0.1, -0.05) is 60.8 Å². The van der Waals surface area contributed by atoms with Crippen molar-refractivity contribution in [2.45, 2.75) is 58.4 Å². The molecular weight excluding hydrogens is 310 g/mol. The fourth-order valence-electron chi connectivity index (χ4n) is 2.69. The minimum atomic E-state index is 0.771. The van der Waals surface area contributed by atoms with Crippen LogP contribution in [0.15, 0.2) is 28.7 Å². The molecule has 20 heavy (non-hydrogen) atoms. The molecule has 0 bridgehead atoms. The standard InChI is InChI=1S/C18H28BrN/c1-14(2)6-5-7-15(13-20-17-10-11-17)12-16-8-3-4-9-18(16)19/h3-4,8-9,14-15,17,20H,5-7,10-13H2,1-2H3. The number of benzene rings is 1. The Hall–Kier alpha value is -0.340. The summed E-state index contributed by atoms with van der Waals surface area (Å²) in [5, 5.41) is 3.72. The molecule has 0 aromatic heterocycles. The highest BCUT2D eigenvalue weighted by Crippen LogP contribution is 2.24. The van der Waals surface area contributed by atoms with Gasteiger partial charge in [-0.3, -0.25) is 0 Å². The number of hydrogen-bond donors (Lipinski definition) is 1. The molecule has 1 aromatic carbocycles. The summed E-state index contributed by atoms with van der Waals surface area (Å²) in [6.45, 7) is 5.83. The van der Waals surface area contributed by atoms with Gasteiger partial charge in [0.15, 0.2) is 0 Å². The molecule has 1 unspecified atom stereocenters. The fourth-order valence-corrected chi connectivity index (χ4v) is 3.13. The van der Waals surface area contributed by atoms with Crippen LogP contribution in [0.3, 0.4) is 0 Å². The maximum absolute atomic E-state index is 3.72. The molecule has 0 aliphatic heterocycles. The minimum Gasteiger partial charge on any atom is -0.314 e. The van der Waals surface area contributed by atoms with Crippen LogP contribution < -0.4 is 5.32 Å². The minimum absolute atomic E-state index is 0.771. The Balaban J connectivity index is 1.85. The van der Waals surface area contributed by atoms with Crippen LogP contribution in [-0.4, -0.2) is 12.6 Å². The molecule has 2 heteroatoms. The molecule has 112 valence electrons. The van der Waals surface area contributed by atoms with Gasteiger partial charge in [0.25, 0.3) is 0 Å². The van der Waals surface area contributed by atoms with Gasteiger partial charge in [-0.25, -0.2) is 0 Å². The summed E-state index contributed by atoms with van der Waals surface area (Å²) in [6.07, 6.45) is 8.02. The third kappa shape index (κ3) is 5.97. The highest BCUT2D eigenvalue weighted by Gasteiger charge is 2.22. The van der Waals surface area contributed by atoms with Crippen molar-refractivity contribution in [3.8, 4) is 0 Å². The van der Waals surface area contributed by atoms with Crippen molar-refractivity contribution in [1.29, 1.82) is 0 Å². The molecule has 0 radical (unpaired) electrons. The first-order chi connectivity index (χ1) is 9.65. The zero-order chi connectivity index (χ0) is 14.4. The molecule has 1 saturated carbocycles. The van der Waals surface area contributed by atoms with Gasteiger partial charge < -0.3 is 5.32 Å². The maximum Gasteiger partial charge on any atom is 0.0207 e. The summed E-state index contributed by atoms with van der Waals surface area (Å²) in [7, 11) is 0. The van der Waals surface area contributed by atoms with E-state index in [1.165, 1.54) is 55.1 Å². The van der Waals surface area contributed by atoms with Crippen LogP contribution in [0.25, 0.3) is 0 Å². The molecule has 1 aliphatic carbocycles. The Morgan fingerprint density at radius 3 is 2.60 bits per heavy atom. The van der Waals surface area contributed by atoms with Gasteiger partial charge in [0, 0.05) is 10.5 Å². The normalized spacial score (nSPS) is 16.6. The Morgan fingerprint density at radius 1 is 1.20 bits per heavy atom. The molecular formula is C18H28BrN.